The second-order valence-electron chi connectivity index (χ2n) is 4.72. The molecule has 1 nitrogen and oxygen atoms in total. The van der Waals surface area contributed by atoms with Crippen molar-refractivity contribution in [3.63, 3.8) is 0 Å². The number of hydrogen-bond donors (Lipinski definition) is 1. The summed E-state index contributed by atoms with van der Waals surface area (Å²) in [6.07, 6.45) is 13.4. The summed E-state index contributed by atoms with van der Waals surface area (Å²) in [6.45, 7) is 12.8. The highest BCUT2D eigenvalue weighted by molar-refractivity contribution is 4.92. The molecule has 0 heterocycles. The van der Waals surface area contributed by atoms with Gasteiger partial charge in [-0.15, -0.1) is 0 Å². The van der Waals surface area contributed by atoms with Gasteiger partial charge in [-0.05, 0) is 19.3 Å². The molecule has 18 heavy (non-hydrogen) atoms. The van der Waals surface area contributed by atoms with E-state index in [4.69, 9.17) is 5.11 Å². The summed E-state index contributed by atoms with van der Waals surface area (Å²) in [6, 6.07) is 0. The quantitative estimate of drug-likeness (QED) is 0.390. The van der Waals surface area contributed by atoms with Crippen LogP contribution in [0.25, 0.3) is 0 Å². The van der Waals surface area contributed by atoms with E-state index in [1.54, 1.807) is 0 Å². The lowest BCUT2D eigenvalue weighted by molar-refractivity contribution is 0.399. The Labute approximate surface area is 117 Å². The highest BCUT2D eigenvalue weighted by Crippen LogP contribution is 2.13. The topological polar surface area (TPSA) is 20.2 Å². The first kappa shape index (κ1) is 22.8. The summed E-state index contributed by atoms with van der Waals surface area (Å²) in [5.74, 6) is 0. The van der Waals surface area contributed by atoms with Gasteiger partial charge >= 0.3 is 0 Å². The lowest BCUT2D eigenvalue weighted by atomic mass is 10.0. The lowest BCUT2D eigenvalue weighted by Gasteiger charge is -2.03. The van der Waals surface area contributed by atoms with Crippen molar-refractivity contribution in [3.05, 3.63) is 12.2 Å². The van der Waals surface area contributed by atoms with Crippen LogP contribution in [0.1, 0.15) is 91.9 Å². The molecule has 0 saturated carbocycles. The number of allylic oxidation sites excluding steroid dienone is 1. The molecule has 0 aliphatic heterocycles. The number of aliphatic hydroxyl groups is 1. The van der Waals surface area contributed by atoms with Gasteiger partial charge in [-0.2, -0.15) is 0 Å². The van der Waals surface area contributed by atoms with E-state index in [0.717, 1.165) is 7.11 Å². The largest absolute Gasteiger partial charge is 0.400 e. The van der Waals surface area contributed by atoms with E-state index in [2.05, 4.69) is 34.3 Å². The van der Waals surface area contributed by atoms with Crippen LogP contribution in [0.4, 0.5) is 0 Å². The predicted molar refractivity (Wildman–Crippen MR) is 86.1 cm³/mol. The second-order valence-corrected chi connectivity index (χ2v) is 4.72. The van der Waals surface area contributed by atoms with E-state index in [0.29, 0.717) is 0 Å². The van der Waals surface area contributed by atoms with Crippen molar-refractivity contribution >= 4 is 0 Å². The Bertz CT molecular complexity index is 130. The molecule has 0 aliphatic carbocycles. The molecule has 1 heteroatoms. The van der Waals surface area contributed by atoms with Gasteiger partial charge in [-0.25, -0.2) is 0 Å². The predicted octanol–water partition coefficient (Wildman–Crippen LogP) is 6.12. The summed E-state index contributed by atoms with van der Waals surface area (Å²) < 4.78 is 0. The third kappa shape index (κ3) is 29.6. The van der Waals surface area contributed by atoms with Gasteiger partial charge < -0.3 is 5.11 Å². The van der Waals surface area contributed by atoms with Gasteiger partial charge in [0.15, 0.2) is 0 Å². The fraction of sp³-hybridized carbons (Fsp3) is 0.882. The van der Waals surface area contributed by atoms with Gasteiger partial charge in [0.05, 0.1) is 0 Å². The average Bonchev–Trinajstić information content (AvgIpc) is 2.37. The summed E-state index contributed by atoms with van der Waals surface area (Å²) >= 11 is 0. The Kier molecular flexibility index (Phi) is 32.4. The summed E-state index contributed by atoms with van der Waals surface area (Å²) in [5, 5.41) is 7.00. The highest BCUT2D eigenvalue weighted by atomic mass is 16.2. The number of aliphatic hydroxyl groups excluding tert-OH is 1. The number of rotatable bonds is 9. The van der Waals surface area contributed by atoms with E-state index in [1.807, 2.05) is 0 Å². The standard InChI is InChI=1S/C13H26.C3H8.CH4O/c1-4-6-7-8-9-10-12-13(3)11-5-2;1-3-2;1-2/h3-12H2,1-2H3;3H2,1-2H3;2H,1H3. The van der Waals surface area contributed by atoms with Crippen LogP contribution >= 0.6 is 0 Å². The SMILES string of the molecule is C=C(CCC)CCCCCCCC.CCC.CO. The molecule has 0 radical (unpaired) electrons. The van der Waals surface area contributed by atoms with Gasteiger partial charge in [-0.3, -0.25) is 0 Å². The molecule has 0 unspecified atom stereocenters. The molecule has 0 atom stereocenters. The van der Waals surface area contributed by atoms with E-state index in [9.17, 15) is 0 Å². The summed E-state index contributed by atoms with van der Waals surface area (Å²) in [7, 11) is 1.00. The van der Waals surface area contributed by atoms with Crippen molar-refractivity contribution in [3.8, 4) is 0 Å². The van der Waals surface area contributed by atoms with Crippen LogP contribution in [-0.4, -0.2) is 12.2 Å². The second kappa shape index (κ2) is 25.5. The molecule has 0 amide bonds. The van der Waals surface area contributed by atoms with Crippen molar-refractivity contribution in [2.75, 3.05) is 7.11 Å². The minimum absolute atomic E-state index is 1.00. The van der Waals surface area contributed by atoms with Crippen LogP contribution in [0.5, 0.6) is 0 Å². The molecule has 0 aromatic heterocycles. The van der Waals surface area contributed by atoms with Gasteiger partial charge in [0.25, 0.3) is 0 Å². The zero-order valence-corrected chi connectivity index (χ0v) is 13.7. The zero-order valence-electron chi connectivity index (χ0n) is 13.7. The van der Waals surface area contributed by atoms with E-state index in [-0.39, 0.29) is 0 Å². The molecule has 0 aliphatic rings. The molecule has 0 aromatic carbocycles. The van der Waals surface area contributed by atoms with Crippen molar-refractivity contribution in [1.29, 1.82) is 0 Å². The molecule has 0 aromatic rings. The maximum Gasteiger partial charge on any atom is 0.0319 e. The Morgan fingerprint density at radius 1 is 0.722 bits per heavy atom. The van der Waals surface area contributed by atoms with Gasteiger partial charge in [0.1, 0.15) is 0 Å². The minimum atomic E-state index is 1.00. The Balaban J connectivity index is -0.000000389. The van der Waals surface area contributed by atoms with Crippen LogP contribution in [0.3, 0.4) is 0 Å². The van der Waals surface area contributed by atoms with Crippen LogP contribution in [0.2, 0.25) is 0 Å². The summed E-state index contributed by atoms with van der Waals surface area (Å²) in [4.78, 5) is 0. The third-order valence-corrected chi connectivity index (χ3v) is 2.49. The minimum Gasteiger partial charge on any atom is -0.400 e. The molecular weight excluding hydrogens is 220 g/mol. The van der Waals surface area contributed by atoms with Crippen LogP contribution in [0.15, 0.2) is 12.2 Å². The fourth-order valence-electron chi connectivity index (χ4n) is 1.63. The average molecular weight is 258 g/mol. The van der Waals surface area contributed by atoms with Crippen LogP contribution < -0.4 is 0 Å². The maximum atomic E-state index is 7.00. The van der Waals surface area contributed by atoms with Gasteiger partial charge in [0, 0.05) is 7.11 Å². The Hall–Kier alpha value is -0.300. The molecule has 0 spiro atoms. The molecule has 112 valence electrons. The van der Waals surface area contributed by atoms with Gasteiger partial charge in [-0.1, -0.05) is 84.8 Å². The first-order chi connectivity index (χ1) is 8.72. The molecule has 0 rings (SSSR count). The van der Waals surface area contributed by atoms with E-state index >= 15 is 0 Å². The normalized spacial score (nSPS) is 8.78. The van der Waals surface area contributed by atoms with Crippen molar-refractivity contribution in [1.82, 2.24) is 0 Å². The molecular formula is C17H38O. The molecule has 0 bridgehead atoms. The number of unbranched alkanes of at least 4 members (excludes halogenated alkanes) is 5. The molecule has 0 fully saturated rings. The zero-order chi connectivity index (χ0) is 14.6. The monoisotopic (exact) mass is 258 g/mol. The molecule has 1 N–H and O–H groups in total. The third-order valence-electron chi connectivity index (χ3n) is 2.49. The summed E-state index contributed by atoms with van der Waals surface area (Å²) in [5.41, 5.74) is 1.46. The molecule has 0 saturated heterocycles. The van der Waals surface area contributed by atoms with Crippen molar-refractivity contribution < 1.29 is 5.11 Å². The van der Waals surface area contributed by atoms with Crippen molar-refractivity contribution in [2.45, 2.75) is 91.9 Å². The van der Waals surface area contributed by atoms with E-state index in [1.165, 1.54) is 69.8 Å². The first-order valence-corrected chi connectivity index (χ1v) is 7.84. The lowest BCUT2D eigenvalue weighted by Crippen LogP contribution is -1.83. The van der Waals surface area contributed by atoms with Gasteiger partial charge in [0.2, 0.25) is 0 Å². The van der Waals surface area contributed by atoms with E-state index < -0.39 is 0 Å². The maximum absolute atomic E-state index is 7.00. The highest BCUT2D eigenvalue weighted by Gasteiger charge is 1.93. The smallest absolute Gasteiger partial charge is 0.0319 e. The first-order valence-electron chi connectivity index (χ1n) is 7.84. The fourth-order valence-corrected chi connectivity index (χ4v) is 1.63. The van der Waals surface area contributed by atoms with Crippen LogP contribution in [-0.2, 0) is 0 Å². The number of hydrogen-bond acceptors (Lipinski definition) is 1. The van der Waals surface area contributed by atoms with Crippen LogP contribution in [0, 0.1) is 0 Å². The van der Waals surface area contributed by atoms with Crippen molar-refractivity contribution in [2.24, 2.45) is 0 Å². The Morgan fingerprint density at radius 3 is 1.61 bits per heavy atom. The Morgan fingerprint density at radius 2 is 1.17 bits per heavy atom.